The molecule has 0 atom stereocenters. The maximum Gasteiger partial charge on any atom is 0.311 e. The van der Waals surface area contributed by atoms with E-state index in [1.54, 1.807) is 6.08 Å². The summed E-state index contributed by atoms with van der Waals surface area (Å²) in [7, 11) is 0. The molecule has 3 N–H and O–H groups in total. The van der Waals surface area contributed by atoms with Crippen molar-refractivity contribution in [3.63, 3.8) is 0 Å². The van der Waals surface area contributed by atoms with E-state index in [0.29, 0.717) is 4.88 Å². The third-order valence-electron chi connectivity index (χ3n) is 3.36. The summed E-state index contributed by atoms with van der Waals surface area (Å²) in [5.74, 6) is -0.933. The predicted octanol–water partition coefficient (Wildman–Crippen LogP) is 1.75. The Morgan fingerprint density at radius 1 is 1.45 bits per heavy atom. The highest BCUT2D eigenvalue weighted by atomic mass is 32.1. The van der Waals surface area contributed by atoms with E-state index in [4.69, 9.17) is 5.73 Å². The van der Waals surface area contributed by atoms with Gasteiger partial charge in [0.15, 0.2) is 0 Å². The van der Waals surface area contributed by atoms with Crippen molar-refractivity contribution in [2.24, 2.45) is 10.7 Å². The van der Waals surface area contributed by atoms with Gasteiger partial charge in [-0.3, -0.25) is 19.1 Å². The van der Waals surface area contributed by atoms with Gasteiger partial charge in [0.25, 0.3) is 0 Å². The number of hydrogen-bond donors (Lipinski definition) is 2. The Balaban J connectivity index is 2.09. The molecule has 6 nitrogen and oxygen atoms in total. The number of benzene rings is 1. The molecule has 2 aromatic rings. The number of carbonyl (C=O) groups excluding carboxylic acids is 1. The van der Waals surface area contributed by atoms with Gasteiger partial charge in [-0.2, -0.15) is 0 Å². The molecular formula is C15H13N3O3S. The van der Waals surface area contributed by atoms with E-state index in [-0.39, 0.29) is 12.4 Å². The smallest absolute Gasteiger partial charge is 0.311 e. The first kappa shape index (κ1) is 14.3. The Kier molecular flexibility index (Phi) is 3.42. The second-order valence-electron chi connectivity index (χ2n) is 4.88. The highest BCUT2D eigenvalue weighted by Gasteiger charge is 2.20. The first-order chi connectivity index (χ1) is 10.5. The molecule has 1 aromatic heterocycles. The van der Waals surface area contributed by atoms with Crippen LogP contribution in [0.5, 0.6) is 5.88 Å². The Hall–Kier alpha value is -2.67. The van der Waals surface area contributed by atoms with E-state index >= 15 is 0 Å². The highest BCUT2D eigenvalue weighted by molar-refractivity contribution is 7.10. The SMILES string of the molecule is CC1=Nc2ccccc2/C1=C\c1sc(=O)n(CC(N)=O)c1O. The molecule has 1 amide bonds. The number of amides is 1. The van der Waals surface area contributed by atoms with Gasteiger partial charge in [-0.05, 0) is 19.1 Å². The topological polar surface area (TPSA) is 97.7 Å². The summed E-state index contributed by atoms with van der Waals surface area (Å²) in [6.45, 7) is 1.53. The van der Waals surface area contributed by atoms with Crippen LogP contribution in [0.15, 0.2) is 34.1 Å². The second kappa shape index (κ2) is 5.27. The Bertz CT molecular complexity index is 890. The largest absolute Gasteiger partial charge is 0.493 e. The molecule has 0 fully saturated rings. The van der Waals surface area contributed by atoms with Crippen LogP contribution < -0.4 is 10.6 Å². The number of primary amides is 1. The monoisotopic (exact) mass is 315 g/mol. The summed E-state index contributed by atoms with van der Waals surface area (Å²) >= 11 is 0.865. The minimum absolute atomic E-state index is 0.251. The first-order valence-electron chi connectivity index (χ1n) is 6.55. The summed E-state index contributed by atoms with van der Waals surface area (Å²) in [5.41, 5.74) is 8.54. The molecule has 0 bridgehead atoms. The van der Waals surface area contributed by atoms with E-state index in [2.05, 4.69) is 4.99 Å². The van der Waals surface area contributed by atoms with Gasteiger partial charge in [0.2, 0.25) is 11.8 Å². The summed E-state index contributed by atoms with van der Waals surface area (Å²) < 4.78 is 0.965. The highest BCUT2D eigenvalue weighted by Crippen LogP contribution is 2.37. The van der Waals surface area contributed by atoms with Gasteiger partial charge >= 0.3 is 4.87 Å². The molecule has 3 rings (SSSR count). The number of nitrogens with zero attached hydrogens (tertiary/aromatic N) is 2. The molecule has 1 aliphatic rings. The quantitative estimate of drug-likeness (QED) is 0.902. The predicted molar refractivity (Wildman–Crippen MR) is 86.5 cm³/mol. The van der Waals surface area contributed by atoms with Crippen LogP contribution in [0.4, 0.5) is 5.69 Å². The molecule has 7 heteroatoms. The van der Waals surface area contributed by atoms with Crippen LogP contribution >= 0.6 is 11.3 Å². The summed E-state index contributed by atoms with van der Waals surface area (Å²) in [6, 6.07) is 7.64. The van der Waals surface area contributed by atoms with Gasteiger partial charge < -0.3 is 10.8 Å². The van der Waals surface area contributed by atoms with Crippen molar-refractivity contribution in [1.29, 1.82) is 0 Å². The fourth-order valence-corrected chi connectivity index (χ4v) is 3.18. The minimum atomic E-state index is -0.682. The van der Waals surface area contributed by atoms with Crippen LogP contribution in [0.1, 0.15) is 17.4 Å². The number of aromatic nitrogens is 1. The Morgan fingerprint density at radius 2 is 2.18 bits per heavy atom. The molecule has 2 heterocycles. The van der Waals surface area contributed by atoms with Crippen LogP contribution in [0, 0.1) is 0 Å². The van der Waals surface area contributed by atoms with Gasteiger partial charge in [-0.25, -0.2) is 0 Å². The minimum Gasteiger partial charge on any atom is -0.493 e. The molecule has 112 valence electrons. The van der Waals surface area contributed by atoms with Crippen LogP contribution in [0.2, 0.25) is 0 Å². The number of aromatic hydroxyl groups is 1. The van der Waals surface area contributed by atoms with Crippen LogP contribution in [0.3, 0.4) is 0 Å². The number of para-hydroxylation sites is 1. The molecular weight excluding hydrogens is 302 g/mol. The van der Waals surface area contributed by atoms with Crippen molar-refractivity contribution in [2.45, 2.75) is 13.5 Å². The third kappa shape index (κ3) is 2.35. The normalized spacial score (nSPS) is 15.0. The number of thiazole rings is 1. The van der Waals surface area contributed by atoms with Crippen molar-refractivity contribution in [3.8, 4) is 5.88 Å². The second-order valence-corrected chi connectivity index (χ2v) is 5.87. The summed E-state index contributed by atoms with van der Waals surface area (Å²) in [6.07, 6.45) is 1.71. The van der Waals surface area contributed by atoms with Gasteiger partial charge in [-0.1, -0.05) is 29.5 Å². The van der Waals surface area contributed by atoms with Crippen molar-refractivity contribution < 1.29 is 9.90 Å². The zero-order valence-electron chi connectivity index (χ0n) is 11.7. The van der Waals surface area contributed by atoms with E-state index in [0.717, 1.165) is 38.4 Å². The van der Waals surface area contributed by atoms with Crippen molar-refractivity contribution in [1.82, 2.24) is 4.57 Å². The zero-order chi connectivity index (χ0) is 15.9. The lowest BCUT2D eigenvalue weighted by Crippen LogP contribution is -2.24. The maximum absolute atomic E-state index is 11.9. The fourth-order valence-electron chi connectivity index (χ4n) is 2.35. The van der Waals surface area contributed by atoms with E-state index < -0.39 is 10.8 Å². The van der Waals surface area contributed by atoms with Crippen LogP contribution in [0.25, 0.3) is 11.6 Å². The average molecular weight is 315 g/mol. The number of nitrogens with two attached hydrogens (primary N) is 1. The molecule has 0 unspecified atom stereocenters. The van der Waals surface area contributed by atoms with Gasteiger partial charge in [-0.15, -0.1) is 0 Å². The lowest BCUT2D eigenvalue weighted by Gasteiger charge is -2.02. The number of aliphatic imine (C=N–C) groups is 1. The number of rotatable bonds is 3. The van der Waals surface area contributed by atoms with Crippen molar-refractivity contribution in [2.75, 3.05) is 0 Å². The molecule has 0 saturated carbocycles. The van der Waals surface area contributed by atoms with Gasteiger partial charge in [0.05, 0.1) is 10.6 Å². The molecule has 0 spiro atoms. The molecule has 0 radical (unpaired) electrons. The molecule has 1 aromatic carbocycles. The van der Waals surface area contributed by atoms with Crippen molar-refractivity contribution in [3.05, 3.63) is 44.4 Å². The lowest BCUT2D eigenvalue weighted by molar-refractivity contribution is -0.118. The Morgan fingerprint density at radius 3 is 2.91 bits per heavy atom. The van der Waals surface area contributed by atoms with E-state index in [9.17, 15) is 14.7 Å². The lowest BCUT2D eigenvalue weighted by atomic mass is 10.0. The van der Waals surface area contributed by atoms with Crippen LogP contribution in [-0.4, -0.2) is 21.3 Å². The van der Waals surface area contributed by atoms with Gasteiger partial charge in [0, 0.05) is 16.8 Å². The Labute approximate surface area is 129 Å². The fraction of sp³-hybridized carbons (Fsp3) is 0.133. The number of fused-ring (bicyclic) bond motifs is 1. The summed E-state index contributed by atoms with van der Waals surface area (Å²) in [4.78, 5) is 27.2. The number of hydrogen-bond acceptors (Lipinski definition) is 5. The molecule has 0 saturated heterocycles. The number of allylic oxidation sites excluding steroid dienone is 1. The average Bonchev–Trinajstić information content (AvgIpc) is 2.91. The number of carbonyl (C=O) groups is 1. The first-order valence-corrected chi connectivity index (χ1v) is 7.36. The summed E-state index contributed by atoms with van der Waals surface area (Å²) in [5, 5.41) is 10.1. The van der Waals surface area contributed by atoms with Crippen molar-refractivity contribution >= 4 is 40.3 Å². The molecule has 1 aliphatic heterocycles. The van der Waals surface area contributed by atoms with Crippen LogP contribution in [-0.2, 0) is 11.3 Å². The molecule has 22 heavy (non-hydrogen) atoms. The molecule has 0 aliphatic carbocycles. The standard InChI is InChI=1S/C15H13N3O3S/c1-8-10(9-4-2-3-5-11(9)17-8)6-12-14(20)18(7-13(16)19)15(21)22-12/h2-6,20H,7H2,1H3,(H2,16,19)/b10-6-. The third-order valence-corrected chi connectivity index (χ3v) is 4.27. The maximum atomic E-state index is 11.9. The van der Waals surface area contributed by atoms with E-state index in [1.807, 2.05) is 31.2 Å². The zero-order valence-corrected chi connectivity index (χ0v) is 12.6. The van der Waals surface area contributed by atoms with Gasteiger partial charge in [0.1, 0.15) is 6.54 Å². The van der Waals surface area contributed by atoms with E-state index in [1.165, 1.54) is 0 Å².